The van der Waals surface area contributed by atoms with Gasteiger partial charge in [0.05, 0.1) is 24.6 Å². The van der Waals surface area contributed by atoms with E-state index in [2.05, 4.69) is 24.4 Å². The van der Waals surface area contributed by atoms with Crippen molar-refractivity contribution in [3.63, 3.8) is 0 Å². The van der Waals surface area contributed by atoms with E-state index in [0.717, 1.165) is 42.4 Å². The lowest BCUT2D eigenvalue weighted by Crippen LogP contribution is -2.36. The van der Waals surface area contributed by atoms with Crippen LogP contribution in [0, 0.1) is 0 Å². The Bertz CT molecular complexity index is 920. The molecule has 3 aromatic heterocycles. The standard InChI is InChI=1S/C21H27N7/c1-27-10-8-22-18(27)13-28-9-7-17-19(26-14-25-17)20(28)16-11-23-21(24-12-16)15-5-3-2-4-6-15/h8,10-12,14-15,20H,2-7,9,13H2,1H3,(H,25,26). The highest BCUT2D eigenvalue weighted by Gasteiger charge is 2.32. The third-order valence-electron chi connectivity index (χ3n) is 6.27. The van der Waals surface area contributed by atoms with Crippen molar-refractivity contribution in [1.82, 2.24) is 34.4 Å². The van der Waals surface area contributed by atoms with E-state index in [-0.39, 0.29) is 6.04 Å². The number of hydrogen-bond donors (Lipinski definition) is 1. The molecule has 146 valence electrons. The first-order chi connectivity index (χ1) is 13.8. The number of H-pyrrole nitrogens is 1. The van der Waals surface area contributed by atoms with Gasteiger partial charge in [-0.1, -0.05) is 19.3 Å². The molecule has 28 heavy (non-hydrogen) atoms. The van der Waals surface area contributed by atoms with Crippen molar-refractivity contribution in [1.29, 1.82) is 0 Å². The maximum Gasteiger partial charge on any atom is 0.131 e. The Hall–Kier alpha value is -2.54. The average molecular weight is 377 g/mol. The van der Waals surface area contributed by atoms with E-state index in [4.69, 9.17) is 9.97 Å². The molecule has 1 atom stereocenters. The van der Waals surface area contributed by atoms with Crippen LogP contribution >= 0.6 is 0 Å². The molecule has 2 aliphatic rings. The highest BCUT2D eigenvalue weighted by molar-refractivity contribution is 5.30. The van der Waals surface area contributed by atoms with E-state index >= 15 is 0 Å². The van der Waals surface area contributed by atoms with Gasteiger partial charge in [-0.2, -0.15) is 0 Å². The molecule has 1 N–H and O–H groups in total. The van der Waals surface area contributed by atoms with Crippen LogP contribution < -0.4 is 0 Å². The summed E-state index contributed by atoms with van der Waals surface area (Å²) in [7, 11) is 2.04. The molecule has 1 fully saturated rings. The predicted octanol–water partition coefficient (Wildman–Crippen LogP) is 3.13. The van der Waals surface area contributed by atoms with Gasteiger partial charge in [0.1, 0.15) is 11.6 Å². The topological polar surface area (TPSA) is 75.5 Å². The van der Waals surface area contributed by atoms with Crippen molar-refractivity contribution in [3.8, 4) is 0 Å². The molecule has 0 spiro atoms. The Kier molecular flexibility index (Phi) is 4.68. The van der Waals surface area contributed by atoms with Crippen LogP contribution in [0.1, 0.15) is 72.7 Å². The summed E-state index contributed by atoms with van der Waals surface area (Å²) < 4.78 is 2.08. The molecule has 7 nitrogen and oxygen atoms in total. The van der Waals surface area contributed by atoms with E-state index in [1.165, 1.54) is 37.8 Å². The highest BCUT2D eigenvalue weighted by atomic mass is 15.2. The summed E-state index contributed by atoms with van der Waals surface area (Å²) >= 11 is 0. The highest BCUT2D eigenvalue weighted by Crippen LogP contribution is 2.35. The largest absolute Gasteiger partial charge is 0.348 e. The second-order valence-corrected chi connectivity index (χ2v) is 8.05. The molecule has 1 unspecified atom stereocenters. The molecule has 0 saturated heterocycles. The Labute approximate surface area is 165 Å². The maximum atomic E-state index is 4.79. The molecular formula is C21H27N7. The number of nitrogens with zero attached hydrogens (tertiary/aromatic N) is 6. The van der Waals surface area contributed by atoms with Gasteiger partial charge in [0.25, 0.3) is 0 Å². The van der Waals surface area contributed by atoms with Crippen LogP contribution in [0.3, 0.4) is 0 Å². The smallest absolute Gasteiger partial charge is 0.131 e. The SMILES string of the molecule is Cn1ccnc1CN1CCc2[nH]cnc2C1c1cnc(C2CCCCC2)nc1. The molecule has 0 radical (unpaired) electrons. The maximum absolute atomic E-state index is 4.79. The Morgan fingerprint density at radius 3 is 2.64 bits per heavy atom. The third-order valence-corrected chi connectivity index (χ3v) is 6.27. The number of nitrogens with one attached hydrogen (secondary N) is 1. The monoisotopic (exact) mass is 377 g/mol. The molecule has 3 aromatic rings. The van der Waals surface area contributed by atoms with Crippen molar-refractivity contribution in [2.24, 2.45) is 7.05 Å². The molecule has 1 saturated carbocycles. The van der Waals surface area contributed by atoms with Crippen LogP contribution in [-0.2, 0) is 20.0 Å². The molecule has 0 bridgehead atoms. The Morgan fingerprint density at radius 1 is 1.07 bits per heavy atom. The summed E-state index contributed by atoms with van der Waals surface area (Å²) in [6.45, 7) is 1.74. The lowest BCUT2D eigenvalue weighted by atomic mass is 9.88. The van der Waals surface area contributed by atoms with Gasteiger partial charge in [-0.3, -0.25) is 4.90 Å². The van der Waals surface area contributed by atoms with Crippen molar-refractivity contribution in [3.05, 3.63) is 59.7 Å². The number of aromatic nitrogens is 6. The van der Waals surface area contributed by atoms with Crippen LogP contribution in [0.4, 0.5) is 0 Å². The quantitative estimate of drug-likeness (QED) is 0.756. The van der Waals surface area contributed by atoms with E-state index < -0.39 is 0 Å². The molecule has 4 heterocycles. The summed E-state index contributed by atoms with van der Waals surface area (Å²) in [6.07, 6.45) is 17.1. The molecule has 0 amide bonds. The summed E-state index contributed by atoms with van der Waals surface area (Å²) in [6, 6.07) is 0.0621. The lowest BCUT2D eigenvalue weighted by Gasteiger charge is -2.34. The minimum atomic E-state index is 0.0621. The average Bonchev–Trinajstić information content (AvgIpc) is 3.38. The van der Waals surface area contributed by atoms with Gasteiger partial charge < -0.3 is 9.55 Å². The zero-order chi connectivity index (χ0) is 18.9. The van der Waals surface area contributed by atoms with Crippen LogP contribution in [-0.4, -0.2) is 40.9 Å². The normalized spacial score (nSPS) is 21.0. The molecule has 1 aliphatic heterocycles. The van der Waals surface area contributed by atoms with Crippen molar-refractivity contribution >= 4 is 0 Å². The second kappa shape index (κ2) is 7.47. The third kappa shape index (κ3) is 3.24. The summed E-state index contributed by atoms with van der Waals surface area (Å²) in [5.41, 5.74) is 3.42. The molecule has 0 aromatic carbocycles. The number of fused-ring (bicyclic) bond motifs is 1. The van der Waals surface area contributed by atoms with Crippen molar-refractivity contribution < 1.29 is 0 Å². The van der Waals surface area contributed by atoms with Gasteiger partial charge in [-0.05, 0) is 12.8 Å². The lowest BCUT2D eigenvalue weighted by molar-refractivity contribution is 0.193. The van der Waals surface area contributed by atoms with Gasteiger partial charge in [-0.15, -0.1) is 0 Å². The van der Waals surface area contributed by atoms with E-state index in [9.17, 15) is 0 Å². The fourth-order valence-electron chi connectivity index (χ4n) is 4.66. The summed E-state index contributed by atoms with van der Waals surface area (Å²) in [4.78, 5) is 24.5. The molecular weight excluding hydrogens is 350 g/mol. The molecule has 7 heteroatoms. The Morgan fingerprint density at radius 2 is 1.89 bits per heavy atom. The van der Waals surface area contributed by atoms with Gasteiger partial charge in [-0.25, -0.2) is 19.9 Å². The van der Waals surface area contributed by atoms with Crippen LogP contribution in [0.15, 0.2) is 31.1 Å². The number of rotatable bonds is 4. The number of imidazole rings is 2. The van der Waals surface area contributed by atoms with E-state index in [0.29, 0.717) is 5.92 Å². The van der Waals surface area contributed by atoms with Gasteiger partial charge >= 0.3 is 0 Å². The van der Waals surface area contributed by atoms with Gasteiger partial charge in [0.15, 0.2) is 0 Å². The zero-order valence-corrected chi connectivity index (χ0v) is 16.4. The first kappa shape index (κ1) is 17.6. The number of aryl methyl sites for hydroxylation is 1. The van der Waals surface area contributed by atoms with Crippen molar-refractivity contribution in [2.45, 2.75) is 57.0 Å². The number of aromatic amines is 1. The zero-order valence-electron chi connectivity index (χ0n) is 16.4. The molecule has 5 rings (SSSR count). The van der Waals surface area contributed by atoms with Crippen molar-refractivity contribution in [2.75, 3.05) is 6.54 Å². The fourth-order valence-corrected chi connectivity index (χ4v) is 4.66. The van der Waals surface area contributed by atoms with Crippen LogP contribution in [0.5, 0.6) is 0 Å². The van der Waals surface area contributed by atoms with Gasteiger partial charge in [0, 0.05) is 62.0 Å². The summed E-state index contributed by atoms with van der Waals surface area (Å²) in [5.74, 6) is 2.60. The molecule has 1 aliphatic carbocycles. The first-order valence-electron chi connectivity index (χ1n) is 10.3. The Balaban J connectivity index is 1.45. The first-order valence-corrected chi connectivity index (χ1v) is 10.3. The predicted molar refractivity (Wildman–Crippen MR) is 106 cm³/mol. The fraction of sp³-hybridized carbons (Fsp3) is 0.524. The minimum Gasteiger partial charge on any atom is -0.348 e. The van der Waals surface area contributed by atoms with E-state index in [1.54, 1.807) is 6.33 Å². The van der Waals surface area contributed by atoms with E-state index in [1.807, 2.05) is 31.8 Å². The van der Waals surface area contributed by atoms with Crippen LogP contribution in [0.25, 0.3) is 0 Å². The summed E-state index contributed by atoms with van der Waals surface area (Å²) in [5, 5.41) is 0. The number of hydrogen-bond acceptors (Lipinski definition) is 5. The van der Waals surface area contributed by atoms with Gasteiger partial charge in [0.2, 0.25) is 0 Å². The second-order valence-electron chi connectivity index (χ2n) is 8.05. The van der Waals surface area contributed by atoms with Crippen LogP contribution in [0.2, 0.25) is 0 Å². The minimum absolute atomic E-state index is 0.0621.